The lowest BCUT2D eigenvalue weighted by Crippen LogP contribution is -2.24. The molecule has 0 aliphatic rings. The summed E-state index contributed by atoms with van der Waals surface area (Å²) in [5, 5.41) is 12.1. The molecule has 0 amide bonds. The summed E-state index contributed by atoms with van der Waals surface area (Å²) in [6.45, 7) is 7.16. The molecule has 0 spiro atoms. The normalized spacial score (nSPS) is 13.6. The second kappa shape index (κ2) is 5.95. The lowest BCUT2D eigenvalue weighted by Gasteiger charge is -2.30. The van der Waals surface area contributed by atoms with Gasteiger partial charge in [-0.3, -0.25) is 0 Å². The maximum Gasteiger partial charge on any atom is 0.377 e. The first-order valence-corrected chi connectivity index (χ1v) is 6.10. The highest BCUT2D eigenvalue weighted by molar-refractivity contribution is 5.82. The Balaban J connectivity index is 2.58. The van der Waals surface area contributed by atoms with Crippen LogP contribution in [0.3, 0.4) is 0 Å². The van der Waals surface area contributed by atoms with Crippen molar-refractivity contribution in [3.05, 3.63) is 11.7 Å². The largest absolute Gasteiger partial charge is 0.475 e. The molecule has 0 bridgehead atoms. The molecule has 0 radical (unpaired) electrons. The van der Waals surface area contributed by atoms with Gasteiger partial charge in [-0.1, -0.05) is 20.8 Å². The van der Waals surface area contributed by atoms with E-state index < -0.39 is 5.97 Å². The highest BCUT2D eigenvalue weighted by Gasteiger charge is 2.24. The number of aryl methyl sites for hydroxylation is 1. The van der Waals surface area contributed by atoms with Gasteiger partial charge in [-0.25, -0.2) is 4.79 Å². The molecule has 1 aromatic rings. The van der Waals surface area contributed by atoms with Gasteiger partial charge in [0.05, 0.1) is 0 Å². The molecule has 0 aliphatic heterocycles. The Hall–Kier alpha value is -1.43. The number of hydrogen-bond acceptors (Lipinski definition) is 5. The molecule has 0 saturated heterocycles. The van der Waals surface area contributed by atoms with Crippen molar-refractivity contribution in [3.63, 3.8) is 0 Å². The van der Waals surface area contributed by atoms with Crippen LogP contribution in [0.4, 0.5) is 0 Å². The van der Waals surface area contributed by atoms with E-state index in [1.165, 1.54) is 0 Å². The average molecular weight is 255 g/mol. The van der Waals surface area contributed by atoms with Gasteiger partial charge in [-0.05, 0) is 35.9 Å². The SMILES string of the molecule is CC(C)(C)C(CCN)CCc1nc(C(=O)O)no1. The summed E-state index contributed by atoms with van der Waals surface area (Å²) in [7, 11) is 0. The molecule has 1 aromatic heterocycles. The van der Waals surface area contributed by atoms with Crippen molar-refractivity contribution in [2.24, 2.45) is 17.1 Å². The van der Waals surface area contributed by atoms with E-state index in [9.17, 15) is 4.79 Å². The predicted octanol–water partition coefficient (Wildman–Crippen LogP) is 1.71. The molecular weight excluding hydrogens is 234 g/mol. The van der Waals surface area contributed by atoms with Crippen LogP contribution in [-0.2, 0) is 6.42 Å². The first-order chi connectivity index (χ1) is 8.34. The fraction of sp³-hybridized carbons (Fsp3) is 0.750. The van der Waals surface area contributed by atoms with Gasteiger partial charge < -0.3 is 15.4 Å². The van der Waals surface area contributed by atoms with E-state index in [0.29, 0.717) is 24.8 Å². The van der Waals surface area contributed by atoms with Crippen molar-refractivity contribution in [1.82, 2.24) is 10.1 Å². The van der Waals surface area contributed by atoms with Gasteiger partial charge in [0.15, 0.2) is 0 Å². The number of rotatable bonds is 6. The molecule has 0 aliphatic carbocycles. The second-order valence-electron chi connectivity index (χ2n) is 5.50. The third-order valence-electron chi connectivity index (χ3n) is 3.11. The smallest absolute Gasteiger partial charge is 0.377 e. The van der Waals surface area contributed by atoms with Gasteiger partial charge in [0.2, 0.25) is 5.89 Å². The summed E-state index contributed by atoms with van der Waals surface area (Å²) >= 11 is 0. The Labute approximate surface area is 107 Å². The van der Waals surface area contributed by atoms with Crippen LogP contribution in [0.15, 0.2) is 4.52 Å². The van der Waals surface area contributed by atoms with E-state index in [-0.39, 0.29) is 11.2 Å². The van der Waals surface area contributed by atoms with Gasteiger partial charge in [-0.2, -0.15) is 4.98 Å². The molecule has 18 heavy (non-hydrogen) atoms. The number of carbonyl (C=O) groups is 1. The van der Waals surface area contributed by atoms with E-state index in [1.807, 2.05) is 0 Å². The minimum absolute atomic E-state index is 0.162. The molecular formula is C12H21N3O3. The summed E-state index contributed by atoms with van der Waals surface area (Å²) < 4.78 is 4.89. The Morgan fingerprint density at radius 3 is 2.56 bits per heavy atom. The van der Waals surface area contributed by atoms with Crippen LogP contribution in [-0.4, -0.2) is 27.8 Å². The van der Waals surface area contributed by atoms with Crippen LogP contribution in [0.25, 0.3) is 0 Å². The zero-order chi connectivity index (χ0) is 13.8. The third-order valence-corrected chi connectivity index (χ3v) is 3.11. The van der Waals surface area contributed by atoms with Crippen LogP contribution in [0, 0.1) is 11.3 Å². The van der Waals surface area contributed by atoms with Crippen molar-refractivity contribution in [2.45, 2.75) is 40.0 Å². The van der Waals surface area contributed by atoms with E-state index in [0.717, 1.165) is 12.8 Å². The monoisotopic (exact) mass is 255 g/mol. The maximum absolute atomic E-state index is 10.6. The van der Waals surface area contributed by atoms with Crippen molar-refractivity contribution in [3.8, 4) is 0 Å². The topological polar surface area (TPSA) is 102 Å². The van der Waals surface area contributed by atoms with Crippen LogP contribution >= 0.6 is 0 Å². The molecule has 0 aromatic carbocycles. The highest BCUT2D eigenvalue weighted by atomic mass is 16.5. The quantitative estimate of drug-likeness (QED) is 0.802. The standard InChI is InChI=1S/C12H21N3O3/c1-12(2,3)8(6-7-13)4-5-9-14-10(11(16)17)15-18-9/h8H,4-7,13H2,1-3H3,(H,16,17). The molecule has 1 rings (SSSR count). The second-order valence-corrected chi connectivity index (χ2v) is 5.50. The summed E-state index contributed by atoms with van der Waals surface area (Å²) in [6.07, 6.45) is 2.38. The fourth-order valence-corrected chi connectivity index (χ4v) is 1.95. The van der Waals surface area contributed by atoms with Crippen molar-refractivity contribution in [2.75, 3.05) is 6.54 Å². The molecule has 6 heteroatoms. The molecule has 1 unspecified atom stereocenters. The first-order valence-electron chi connectivity index (χ1n) is 6.10. The zero-order valence-corrected chi connectivity index (χ0v) is 11.1. The minimum atomic E-state index is -1.17. The fourth-order valence-electron chi connectivity index (χ4n) is 1.95. The van der Waals surface area contributed by atoms with E-state index in [2.05, 4.69) is 30.9 Å². The Morgan fingerprint density at radius 2 is 2.11 bits per heavy atom. The van der Waals surface area contributed by atoms with E-state index in [4.69, 9.17) is 15.4 Å². The number of carboxylic acids is 1. The number of nitrogens with two attached hydrogens (primary N) is 1. The Morgan fingerprint density at radius 1 is 1.44 bits per heavy atom. The molecule has 102 valence electrons. The first kappa shape index (κ1) is 14.6. The molecule has 0 saturated carbocycles. The van der Waals surface area contributed by atoms with E-state index >= 15 is 0 Å². The molecule has 6 nitrogen and oxygen atoms in total. The van der Waals surface area contributed by atoms with Gasteiger partial charge in [0.1, 0.15) is 0 Å². The molecule has 1 heterocycles. The maximum atomic E-state index is 10.6. The summed E-state index contributed by atoms with van der Waals surface area (Å²) in [5.41, 5.74) is 5.77. The zero-order valence-electron chi connectivity index (χ0n) is 11.1. The van der Waals surface area contributed by atoms with Gasteiger partial charge >= 0.3 is 5.97 Å². The van der Waals surface area contributed by atoms with Crippen LogP contribution in [0.5, 0.6) is 0 Å². The van der Waals surface area contributed by atoms with Gasteiger partial charge in [0, 0.05) is 6.42 Å². The molecule has 1 atom stereocenters. The van der Waals surface area contributed by atoms with Crippen molar-refractivity contribution >= 4 is 5.97 Å². The van der Waals surface area contributed by atoms with Crippen LogP contribution < -0.4 is 5.73 Å². The molecule has 3 N–H and O–H groups in total. The van der Waals surface area contributed by atoms with Gasteiger partial charge in [0.25, 0.3) is 5.82 Å². The van der Waals surface area contributed by atoms with Crippen LogP contribution in [0.2, 0.25) is 0 Å². The highest BCUT2D eigenvalue weighted by Crippen LogP contribution is 2.31. The van der Waals surface area contributed by atoms with Gasteiger partial charge in [-0.15, -0.1) is 0 Å². The average Bonchev–Trinajstić information content (AvgIpc) is 2.71. The number of aromatic carboxylic acids is 1. The molecule has 0 fully saturated rings. The van der Waals surface area contributed by atoms with Crippen molar-refractivity contribution in [1.29, 1.82) is 0 Å². The summed E-state index contributed by atoms with van der Waals surface area (Å²) in [6, 6.07) is 0. The number of hydrogen-bond donors (Lipinski definition) is 2. The number of carboxylic acid groups (broad SMARTS) is 1. The van der Waals surface area contributed by atoms with Crippen molar-refractivity contribution < 1.29 is 14.4 Å². The van der Waals surface area contributed by atoms with Crippen LogP contribution in [0.1, 0.15) is 50.1 Å². The lowest BCUT2D eigenvalue weighted by atomic mass is 9.76. The van der Waals surface area contributed by atoms with E-state index in [1.54, 1.807) is 0 Å². The predicted molar refractivity (Wildman–Crippen MR) is 66.2 cm³/mol. The third kappa shape index (κ3) is 4.10. The number of nitrogens with zero attached hydrogens (tertiary/aromatic N) is 2. The number of aromatic nitrogens is 2. The Kier molecular flexibility index (Phi) is 4.84. The summed E-state index contributed by atoms with van der Waals surface area (Å²) in [4.78, 5) is 14.4. The summed E-state index contributed by atoms with van der Waals surface area (Å²) in [5.74, 6) is -0.628. The minimum Gasteiger partial charge on any atom is -0.475 e. The Bertz CT molecular complexity index is 396. The lowest BCUT2D eigenvalue weighted by molar-refractivity contribution is 0.0680.